The van der Waals surface area contributed by atoms with Crippen LogP contribution in [0, 0.1) is 5.92 Å². The van der Waals surface area contributed by atoms with E-state index in [1.165, 1.54) is 16.6 Å². The van der Waals surface area contributed by atoms with Crippen LogP contribution in [0.4, 0.5) is 0 Å². The molecular formula is C15H21N3O5S2. The number of carbonyl (C=O) groups excluding carboxylic acids is 1. The summed E-state index contributed by atoms with van der Waals surface area (Å²) in [6, 6.07) is 0.310. The second kappa shape index (κ2) is 7.38. The van der Waals surface area contributed by atoms with Crippen LogP contribution < -0.4 is 5.32 Å². The van der Waals surface area contributed by atoms with Crippen LogP contribution in [0.1, 0.15) is 29.8 Å². The molecular weight excluding hydrogens is 366 g/mol. The molecule has 25 heavy (non-hydrogen) atoms. The minimum absolute atomic E-state index is 0.0265. The standard InChI is InChI=1S/C15H21N3O5S2/c19-14(17-13(15(20)21)7-10-1-2-10)12-8-11(9-16-12)25(22,23)18-3-5-24-6-4-18/h8-10,13,16H,1-7H2,(H,17,19)(H,20,21). The Bertz CT molecular complexity index is 751. The molecule has 2 fully saturated rings. The topological polar surface area (TPSA) is 120 Å². The second-order valence-corrected chi connectivity index (χ2v) is 9.47. The molecule has 1 aromatic heterocycles. The van der Waals surface area contributed by atoms with Crippen LogP contribution in [0.5, 0.6) is 0 Å². The highest BCUT2D eigenvalue weighted by Crippen LogP contribution is 2.33. The van der Waals surface area contributed by atoms with Gasteiger partial charge in [0, 0.05) is 30.8 Å². The first kappa shape index (κ1) is 18.3. The Labute approximate surface area is 150 Å². The molecule has 1 aliphatic carbocycles. The van der Waals surface area contributed by atoms with Crippen molar-refractivity contribution in [2.45, 2.75) is 30.2 Å². The minimum atomic E-state index is -3.64. The Morgan fingerprint density at radius 1 is 1.36 bits per heavy atom. The predicted molar refractivity (Wildman–Crippen MR) is 93.1 cm³/mol. The number of nitrogens with one attached hydrogen (secondary N) is 2. The lowest BCUT2D eigenvalue weighted by Crippen LogP contribution is -2.41. The zero-order valence-corrected chi connectivity index (χ0v) is 15.2. The smallest absolute Gasteiger partial charge is 0.326 e. The maximum Gasteiger partial charge on any atom is 0.326 e. The Morgan fingerprint density at radius 3 is 2.64 bits per heavy atom. The van der Waals surface area contributed by atoms with Gasteiger partial charge >= 0.3 is 5.97 Å². The van der Waals surface area contributed by atoms with E-state index in [1.54, 1.807) is 11.8 Å². The summed E-state index contributed by atoms with van der Waals surface area (Å²) in [6.45, 7) is 0.893. The number of sulfonamides is 1. The molecule has 10 heteroatoms. The molecule has 1 amide bonds. The van der Waals surface area contributed by atoms with Gasteiger partial charge < -0.3 is 15.4 Å². The third-order valence-corrected chi connectivity index (χ3v) is 7.20. The molecule has 3 rings (SSSR count). The first-order chi connectivity index (χ1) is 11.9. The molecule has 3 N–H and O–H groups in total. The number of nitrogens with zero attached hydrogens (tertiary/aromatic N) is 1. The van der Waals surface area contributed by atoms with E-state index in [2.05, 4.69) is 10.3 Å². The first-order valence-corrected chi connectivity index (χ1v) is 10.8. The lowest BCUT2D eigenvalue weighted by Gasteiger charge is -2.24. The number of rotatable bonds is 7. The summed E-state index contributed by atoms with van der Waals surface area (Å²) in [5.74, 6) is 0.156. The Balaban J connectivity index is 1.69. The van der Waals surface area contributed by atoms with Crippen molar-refractivity contribution in [2.75, 3.05) is 24.6 Å². The fourth-order valence-electron chi connectivity index (χ4n) is 2.73. The summed E-state index contributed by atoms with van der Waals surface area (Å²) in [6.07, 6.45) is 3.65. The van der Waals surface area contributed by atoms with Crippen LogP contribution in [-0.2, 0) is 14.8 Å². The highest BCUT2D eigenvalue weighted by molar-refractivity contribution is 7.99. The zero-order chi connectivity index (χ0) is 18.0. The van der Waals surface area contributed by atoms with E-state index < -0.39 is 27.9 Å². The van der Waals surface area contributed by atoms with Crippen LogP contribution in [0.25, 0.3) is 0 Å². The van der Waals surface area contributed by atoms with Gasteiger partial charge in [0.15, 0.2) is 0 Å². The van der Waals surface area contributed by atoms with Crippen LogP contribution in [0.3, 0.4) is 0 Å². The number of thioether (sulfide) groups is 1. The fourth-order valence-corrected chi connectivity index (χ4v) is 5.31. The SMILES string of the molecule is O=C(NC(CC1CC1)C(=O)O)c1cc(S(=O)(=O)N2CCSCC2)c[nH]1. The zero-order valence-electron chi connectivity index (χ0n) is 13.6. The molecule has 1 atom stereocenters. The van der Waals surface area contributed by atoms with E-state index in [0.29, 0.717) is 25.4 Å². The summed E-state index contributed by atoms with van der Waals surface area (Å²) in [7, 11) is -3.64. The number of hydrogen-bond acceptors (Lipinski definition) is 5. The molecule has 8 nitrogen and oxygen atoms in total. The number of aromatic nitrogens is 1. The first-order valence-electron chi connectivity index (χ1n) is 8.18. The summed E-state index contributed by atoms with van der Waals surface area (Å²) >= 11 is 1.71. The average molecular weight is 387 g/mol. The van der Waals surface area contributed by atoms with E-state index in [1.807, 2.05) is 0 Å². The van der Waals surface area contributed by atoms with Crippen LogP contribution >= 0.6 is 11.8 Å². The van der Waals surface area contributed by atoms with Crippen molar-refractivity contribution in [3.63, 3.8) is 0 Å². The molecule has 0 spiro atoms. The third-order valence-electron chi connectivity index (χ3n) is 4.38. The van der Waals surface area contributed by atoms with E-state index in [9.17, 15) is 23.1 Å². The molecule has 1 aliphatic heterocycles. The fraction of sp³-hybridized carbons (Fsp3) is 0.600. The van der Waals surface area contributed by atoms with E-state index in [-0.39, 0.29) is 10.6 Å². The van der Waals surface area contributed by atoms with Crippen LogP contribution in [0.15, 0.2) is 17.2 Å². The minimum Gasteiger partial charge on any atom is -0.480 e. The van der Waals surface area contributed by atoms with Gasteiger partial charge in [-0.1, -0.05) is 12.8 Å². The number of hydrogen-bond donors (Lipinski definition) is 3. The van der Waals surface area contributed by atoms with Crippen molar-refractivity contribution in [1.82, 2.24) is 14.6 Å². The van der Waals surface area contributed by atoms with Crippen molar-refractivity contribution in [3.8, 4) is 0 Å². The maximum absolute atomic E-state index is 12.6. The second-order valence-electron chi connectivity index (χ2n) is 6.31. The monoisotopic (exact) mass is 387 g/mol. The van der Waals surface area contributed by atoms with Gasteiger partial charge in [-0.25, -0.2) is 13.2 Å². The summed E-state index contributed by atoms with van der Waals surface area (Å²) < 4.78 is 26.6. The number of amides is 1. The van der Waals surface area contributed by atoms with Gasteiger partial charge in [0.1, 0.15) is 16.6 Å². The average Bonchev–Trinajstić information content (AvgIpc) is 3.26. The Kier molecular flexibility index (Phi) is 5.40. The number of H-pyrrole nitrogens is 1. The van der Waals surface area contributed by atoms with Crippen molar-refractivity contribution in [2.24, 2.45) is 5.92 Å². The Hall–Kier alpha value is -1.52. The van der Waals surface area contributed by atoms with E-state index in [0.717, 1.165) is 24.3 Å². The largest absolute Gasteiger partial charge is 0.480 e. The number of aliphatic carboxylic acids is 1. The molecule has 138 valence electrons. The van der Waals surface area contributed by atoms with Gasteiger partial charge in [-0.15, -0.1) is 0 Å². The number of carboxylic acids is 1. The van der Waals surface area contributed by atoms with Crippen molar-refractivity contribution >= 4 is 33.7 Å². The van der Waals surface area contributed by atoms with Gasteiger partial charge in [0.25, 0.3) is 5.91 Å². The highest BCUT2D eigenvalue weighted by atomic mass is 32.2. The van der Waals surface area contributed by atoms with Gasteiger partial charge in [0.05, 0.1) is 0 Å². The normalized spacial score (nSPS) is 20.2. The van der Waals surface area contributed by atoms with Gasteiger partial charge in [-0.3, -0.25) is 4.79 Å². The predicted octanol–water partition coefficient (Wildman–Crippen LogP) is 0.735. The van der Waals surface area contributed by atoms with Gasteiger partial charge in [-0.05, 0) is 18.4 Å². The molecule has 0 radical (unpaired) electrons. The molecule has 1 saturated carbocycles. The molecule has 1 saturated heterocycles. The third kappa shape index (κ3) is 4.36. The summed E-state index contributed by atoms with van der Waals surface area (Å²) in [5.41, 5.74) is 0.0482. The van der Waals surface area contributed by atoms with Gasteiger partial charge in [0.2, 0.25) is 10.0 Å². The summed E-state index contributed by atoms with van der Waals surface area (Å²) in [4.78, 5) is 26.2. The number of carboxylic acid groups (broad SMARTS) is 1. The number of aromatic amines is 1. The molecule has 2 heterocycles. The van der Waals surface area contributed by atoms with Crippen molar-refractivity contribution < 1.29 is 23.1 Å². The molecule has 1 aromatic rings. The van der Waals surface area contributed by atoms with E-state index >= 15 is 0 Å². The quantitative estimate of drug-likeness (QED) is 0.635. The molecule has 1 unspecified atom stereocenters. The Morgan fingerprint density at radius 2 is 2.04 bits per heavy atom. The maximum atomic E-state index is 12.6. The molecule has 0 aromatic carbocycles. The lowest BCUT2D eigenvalue weighted by atomic mass is 10.1. The van der Waals surface area contributed by atoms with Crippen molar-refractivity contribution in [1.29, 1.82) is 0 Å². The molecule has 2 aliphatic rings. The summed E-state index contributed by atoms with van der Waals surface area (Å²) in [5, 5.41) is 11.7. The van der Waals surface area contributed by atoms with Crippen molar-refractivity contribution in [3.05, 3.63) is 18.0 Å². The van der Waals surface area contributed by atoms with Gasteiger partial charge in [-0.2, -0.15) is 16.1 Å². The highest BCUT2D eigenvalue weighted by Gasteiger charge is 2.31. The van der Waals surface area contributed by atoms with Crippen LogP contribution in [0.2, 0.25) is 0 Å². The number of carbonyl (C=O) groups is 2. The molecule has 0 bridgehead atoms. The lowest BCUT2D eigenvalue weighted by molar-refractivity contribution is -0.139. The van der Waals surface area contributed by atoms with Crippen LogP contribution in [-0.4, -0.2) is 65.3 Å². The van der Waals surface area contributed by atoms with E-state index in [4.69, 9.17) is 0 Å².